The van der Waals surface area contributed by atoms with Gasteiger partial charge in [-0.3, -0.25) is 4.79 Å². The number of benzene rings is 1. The molecule has 0 radical (unpaired) electrons. The van der Waals surface area contributed by atoms with Crippen molar-refractivity contribution in [2.45, 2.75) is 6.54 Å². The van der Waals surface area contributed by atoms with Crippen LogP contribution in [0.5, 0.6) is 17.2 Å². The lowest BCUT2D eigenvalue weighted by molar-refractivity contribution is -0.130. The van der Waals surface area contributed by atoms with Crippen LogP contribution in [0.25, 0.3) is 0 Å². The molecule has 0 saturated heterocycles. The molecule has 18 heavy (non-hydrogen) atoms. The summed E-state index contributed by atoms with van der Waals surface area (Å²) < 4.78 is 16.0. The normalized spacial score (nSPS) is 12.4. The van der Waals surface area contributed by atoms with Gasteiger partial charge in [0.15, 0.2) is 18.1 Å². The van der Waals surface area contributed by atoms with Crippen molar-refractivity contribution in [2.75, 3.05) is 27.5 Å². The molecule has 0 fully saturated rings. The van der Waals surface area contributed by atoms with Gasteiger partial charge in [0.05, 0.1) is 0 Å². The van der Waals surface area contributed by atoms with Crippen LogP contribution in [0.15, 0.2) is 12.1 Å². The Morgan fingerprint density at radius 1 is 1.39 bits per heavy atom. The Balaban J connectivity index is 2.14. The highest BCUT2D eigenvalue weighted by Gasteiger charge is 2.18. The molecule has 0 aliphatic carbocycles. The molecule has 1 aliphatic heterocycles. The van der Waals surface area contributed by atoms with Crippen molar-refractivity contribution < 1.29 is 19.0 Å². The van der Waals surface area contributed by atoms with Gasteiger partial charge in [0.25, 0.3) is 5.91 Å². The first-order chi connectivity index (χ1) is 8.61. The van der Waals surface area contributed by atoms with Crippen LogP contribution in [0.3, 0.4) is 0 Å². The minimum atomic E-state index is -0.115. The fraction of sp³-hybridized carbons (Fsp3) is 0.417. The molecular formula is C12H16N2O4. The summed E-state index contributed by atoms with van der Waals surface area (Å²) in [5.74, 6) is 1.70. The van der Waals surface area contributed by atoms with Gasteiger partial charge in [-0.2, -0.15) is 0 Å². The molecule has 0 aromatic heterocycles. The van der Waals surface area contributed by atoms with Crippen molar-refractivity contribution >= 4 is 5.91 Å². The zero-order valence-electron chi connectivity index (χ0n) is 10.4. The number of carbonyl (C=O) groups is 1. The molecule has 1 heterocycles. The second-order valence-electron chi connectivity index (χ2n) is 4.09. The van der Waals surface area contributed by atoms with Gasteiger partial charge in [-0.1, -0.05) is 0 Å². The number of likely N-dealkylation sites (N-methyl/N-ethyl adjacent to an activating group) is 1. The Labute approximate surface area is 105 Å². The summed E-state index contributed by atoms with van der Waals surface area (Å²) in [6.45, 7) is 0.473. The van der Waals surface area contributed by atoms with Gasteiger partial charge in [0.2, 0.25) is 6.79 Å². The fourth-order valence-electron chi connectivity index (χ4n) is 1.53. The van der Waals surface area contributed by atoms with Crippen molar-refractivity contribution in [3.63, 3.8) is 0 Å². The second kappa shape index (κ2) is 5.14. The van der Waals surface area contributed by atoms with Crippen LogP contribution in [0.2, 0.25) is 0 Å². The maximum Gasteiger partial charge on any atom is 0.259 e. The highest BCUT2D eigenvalue weighted by Crippen LogP contribution is 2.37. The number of fused-ring (bicyclic) bond motifs is 1. The zero-order valence-corrected chi connectivity index (χ0v) is 10.4. The summed E-state index contributed by atoms with van der Waals surface area (Å²) in [5, 5.41) is 0. The molecule has 1 aromatic carbocycles. The number of hydrogen-bond donors (Lipinski definition) is 1. The highest BCUT2D eigenvalue weighted by molar-refractivity contribution is 5.77. The minimum absolute atomic E-state index is 0.0281. The van der Waals surface area contributed by atoms with E-state index >= 15 is 0 Å². The van der Waals surface area contributed by atoms with E-state index in [2.05, 4.69) is 0 Å². The molecule has 0 bridgehead atoms. The van der Waals surface area contributed by atoms with Crippen LogP contribution in [0, 0.1) is 0 Å². The average molecular weight is 252 g/mol. The van der Waals surface area contributed by atoms with Crippen LogP contribution < -0.4 is 19.9 Å². The van der Waals surface area contributed by atoms with E-state index < -0.39 is 0 Å². The standard InChI is InChI=1S/C12H16N2O4/c1-14(2)12(15)6-16-9-4-11-10(17-7-18-11)3-8(9)5-13/h3-4H,5-7,13H2,1-2H3. The van der Waals surface area contributed by atoms with Crippen LogP contribution >= 0.6 is 0 Å². The first-order valence-electron chi connectivity index (χ1n) is 5.57. The number of carbonyl (C=O) groups excluding carboxylic acids is 1. The van der Waals surface area contributed by atoms with E-state index in [0.29, 0.717) is 23.8 Å². The van der Waals surface area contributed by atoms with Crippen molar-refractivity contribution in [3.8, 4) is 17.2 Å². The zero-order chi connectivity index (χ0) is 13.1. The number of rotatable bonds is 4. The number of nitrogens with zero attached hydrogens (tertiary/aromatic N) is 1. The van der Waals surface area contributed by atoms with E-state index in [9.17, 15) is 4.79 Å². The Bertz CT molecular complexity index is 460. The third-order valence-electron chi connectivity index (χ3n) is 2.63. The monoisotopic (exact) mass is 252 g/mol. The van der Waals surface area contributed by atoms with Gasteiger partial charge in [-0.15, -0.1) is 0 Å². The molecule has 6 heteroatoms. The smallest absolute Gasteiger partial charge is 0.259 e. The third kappa shape index (κ3) is 2.48. The largest absolute Gasteiger partial charge is 0.483 e. The topological polar surface area (TPSA) is 74.0 Å². The first-order valence-corrected chi connectivity index (χ1v) is 5.57. The quantitative estimate of drug-likeness (QED) is 0.836. The molecule has 0 spiro atoms. The molecule has 0 unspecified atom stereocenters. The molecule has 0 saturated carbocycles. The van der Waals surface area contributed by atoms with E-state index in [4.69, 9.17) is 19.9 Å². The van der Waals surface area contributed by atoms with E-state index in [1.165, 1.54) is 4.90 Å². The van der Waals surface area contributed by atoms with E-state index in [-0.39, 0.29) is 19.3 Å². The summed E-state index contributed by atoms with van der Waals surface area (Å²) in [6, 6.07) is 3.48. The predicted molar refractivity (Wildman–Crippen MR) is 64.6 cm³/mol. The maximum absolute atomic E-state index is 11.5. The van der Waals surface area contributed by atoms with Gasteiger partial charge in [0, 0.05) is 32.3 Å². The molecule has 0 atom stereocenters. The van der Waals surface area contributed by atoms with Crippen LogP contribution in [-0.4, -0.2) is 38.3 Å². The molecule has 2 N–H and O–H groups in total. The first kappa shape index (κ1) is 12.5. The molecule has 1 aliphatic rings. The van der Waals surface area contributed by atoms with Crippen LogP contribution in [0.4, 0.5) is 0 Å². The molecule has 6 nitrogen and oxygen atoms in total. The van der Waals surface area contributed by atoms with Crippen LogP contribution in [0.1, 0.15) is 5.56 Å². The van der Waals surface area contributed by atoms with Gasteiger partial charge < -0.3 is 24.8 Å². The predicted octanol–water partition coefficient (Wildman–Crippen LogP) is 0.341. The lowest BCUT2D eigenvalue weighted by Crippen LogP contribution is -2.27. The van der Waals surface area contributed by atoms with Crippen molar-refractivity contribution in [2.24, 2.45) is 5.73 Å². The number of ether oxygens (including phenoxy) is 3. The number of hydrogen-bond acceptors (Lipinski definition) is 5. The summed E-state index contributed by atoms with van der Waals surface area (Å²) >= 11 is 0. The van der Waals surface area contributed by atoms with E-state index in [1.54, 1.807) is 26.2 Å². The van der Waals surface area contributed by atoms with Crippen molar-refractivity contribution in [1.29, 1.82) is 0 Å². The Kier molecular flexibility index (Phi) is 3.57. The molecule has 98 valence electrons. The summed E-state index contributed by atoms with van der Waals surface area (Å²) in [6.07, 6.45) is 0. The van der Waals surface area contributed by atoms with Gasteiger partial charge >= 0.3 is 0 Å². The van der Waals surface area contributed by atoms with E-state index in [0.717, 1.165) is 5.56 Å². The molecule has 2 rings (SSSR count). The highest BCUT2D eigenvalue weighted by atomic mass is 16.7. The van der Waals surface area contributed by atoms with Crippen molar-refractivity contribution in [3.05, 3.63) is 17.7 Å². The summed E-state index contributed by atoms with van der Waals surface area (Å²) in [4.78, 5) is 12.9. The second-order valence-corrected chi connectivity index (χ2v) is 4.09. The third-order valence-corrected chi connectivity index (χ3v) is 2.63. The van der Waals surface area contributed by atoms with Gasteiger partial charge in [-0.25, -0.2) is 0 Å². The van der Waals surface area contributed by atoms with Gasteiger partial charge in [-0.05, 0) is 6.07 Å². The van der Waals surface area contributed by atoms with Crippen molar-refractivity contribution in [1.82, 2.24) is 4.90 Å². The lowest BCUT2D eigenvalue weighted by Gasteiger charge is -2.14. The SMILES string of the molecule is CN(C)C(=O)COc1cc2c(cc1CN)OCO2. The average Bonchev–Trinajstić information content (AvgIpc) is 2.81. The molecular weight excluding hydrogens is 236 g/mol. The number of nitrogens with two attached hydrogens (primary N) is 1. The Morgan fingerprint density at radius 3 is 2.67 bits per heavy atom. The van der Waals surface area contributed by atoms with Crippen LogP contribution in [-0.2, 0) is 11.3 Å². The summed E-state index contributed by atoms with van der Waals surface area (Å²) in [5.41, 5.74) is 6.42. The fourth-order valence-corrected chi connectivity index (χ4v) is 1.53. The van der Waals surface area contributed by atoms with E-state index in [1.807, 2.05) is 0 Å². The number of amides is 1. The molecule has 1 aromatic rings. The summed E-state index contributed by atoms with van der Waals surface area (Å²) in [7, 11) is 3.35. The minimum Gasteiger partial charge on any atom is -0.483 e. The molecule has 1 amide bonds. The lowest BCUT2D eigenvalue weighted by atomic mass is 10.2. The van der Waals surface area contributed by atoms with Gasteiger partial charge in [0.1, 0.15) is 5.75 Å². The Morgan fingerprint density at radius 2 is 2.06 bits per heavy atom. The Hall–Kier alpha value is -1.95. The maximum atomic E-state index is 11.5.